The fourth-order valence-electron chi connectivity index (χ4n) is 3.70. The number of aromatic amines is 1. The molecule has 2 N–H and O–H groups in total. The molecule has 3 aromatic rings. The zero-order valence-electron chi connectivity index (χ0n) is 18.2. The number of hydrogen-bond acceptors (Lipinski definition) is 7. The van der Waals surface area contributed by atoms with Gasteiger partial charge in [0.05, 0.1) is 18.4 Å². The van der Waals surface area contributed by atoms with Crippen LogP contribution in [-0.4, -0.2) is 46.9 Å². The first-order chi connectivity index (χ1) is 16.2. The third-order valence-corrected chi connectivity index (χ3v) is 5.07. The third kappa shape index (κ3) is 5.28. The van der Waals surface area contributed by atoms with E-state index in [9.17, 15) is 22.4 Å². The molecule has 2 aromatic heterocycles. The van der Waals surface area contributed by atoms with E-state index in [2.05, 4.69) is 25.0 Å². The van der Waals surface area contributed by atoms with Gasteiger partial charge in [-0.3, -0.25) is 4.79 Å². The fraction of sp³-hybridized carbons (Fsp3) is 0.318. The largest absolute Gasteiger partial charge is 0.435 e. The number of rotatable bonds is 6. The average molecular weight is 479 g/mol. The molecule has 0 unspecified atom stereocenters. The summed E-state index contributed by atoms with van der Waals surface area (Å²) in [4.78, 5) is 24.9. The zero-order valence-corrected chi connectivity index (χ0v) is 18.2. The Kier molecular flexibility index (Phi) is 6.68. The maximum atomic E-state index is 14.5. The summed E-state index contributed by atoms with van der Waals surface area (Å²) < 4.78 is 63.5. The smallest absolute Gasteiger partial charge is 0.387 e. The molecule has 1 saturated heterocycles. The minimum Gasteiger partial charge on any atom is -0.435 e. The van der Waals surface area contributed by atoms with Gasteiger partial charge in [-0.05, 0) is 32.0 Å². The molecule has 1 aliphatic heterocycles. The van der Waals surface area contributed by atoms with Gasteiger partial charge in [0.2, 0.25) is 5.95 Å². The van der Waals surface area contributed by atoms with E-state index >= 15 is 0 Å². The van der Waals surface area contributed by atoms with Gasteiger partial charge in [-0.1, -0.05) is 0 Å². The van der Waals surface area contributed by atoms with Crippen LogP contribution in [0.3, 0.4) is 0 Å². The average Bonchev–Trinajstić information content (AvgIpc) is 2.76. The second-order valence-electron chi connectivity index (χ2n) is 7.81. The minimum atomic E-state index is -3.09. The van der Waals surface area contributed by atoms with Crippen molar-refractivity contribution in [1.82, 2.24) is 15.0 Å². The number of halogens is 4. The number of nitrogens with one attached hydrogen (secondary N) is 2. The first kappa shape index (κ1) is 23.5. The standard InChI is InChI=1S/C22H21F4N5O3/c1-11-9-31(10-12(2)33-11)22-28-8-17(24)19(30-22)29-18-5-13(7-27-20(18)32)15-4-3-14(6-16(15)23)34-21(25)26/h3-8,11-12,21H,9-10H2,1-2H3,(H,27,32)(H,28,29,30)/t11-,12+. The fourth-order valence-corrected chi connectivity index (χ4v) is 3.70. The SMILES string of the molecule is C[C@@H]1CN(c2ncc(F)c(Nc3cc(-c4ccc(OC(F)F)cc4F)c[nH]c3=O)n2)C[C@H](C)O1. The monoisotopic (exact) mass is 479 g/mol. The van der Waals surface area contributed by atoms with E-state index in [0.29, 0.717) is 13.1 Å². The van der Waals surface area contributed by atoms with Crippen LogP contribution in [0.15, 0.2) is 41.5 Å². The zero-order chi connectivity index (χ0) is 24.4. The number of alkyl halides is 2. The molecule has 1 fully saturated rings. The number of aromatic nitrogens is 3. The molecule has 2 atom stereocenters. The normalized spacial score (nSPS) is 18.3. The summed E-state index contributed by atoms with van der Waals surface area (Å²) in [6.07, 6.45) is 2.11. The van der Waals surface area contributed by atoms with Crippen LogP contribution in [0, 0.1) is 11.6 Å². The highest BCUT2D eigenvalue weighted by Gasteiger charge is 2.25. The van der Waals surface area contributed by atoms with Gasteiger partial charge in [0.15, 0.2) is 11.6 Å². The van der Waals surface area contributed by atoms with Crippen molar-refractivity contribution in [2.75, 3.05) is 23.3 Å². The molecule has 0 saturated carbocycles. The highest BCUT2D eigenvalue weighted by molar-refractivity contribution is 5.70. The van der Waals surface area contributed by atoms with E-state index in [1.807, 2.05) is 18.7 Å². The molecule has 4 rings (SSSR count). The Labute approximate surface area is 191 Å². The lowest BCUT2D eigenvalue weighted by molar-refractivity contribution is -0.0499. The molecular formula is C22H21F4N5O3. The van der Waals surface area contributed by atoms with Gasteiger partial charge in [-0.15, -0.1) is 0 Å². The maximum absolute atomic E-state index is 14.5. The van der Waals surface area contributed by atoms with Crippen molar-refractivity contribution >= 4 is 17.5 Å². The maximum Gasteiger partial charge on any atom is 0.387 e. The Morgan fingerprint density at radius 1 is 1.18 bits per heavy atom. The van der Waals surface area contributed by atoms with Gasteiger partial charge in [-0.2, -0.15) is 13.8 Å². The highest BCUT2D eigenvalue weighted by atomic mass is 19.3. The van der Waals surface area contributed by atoms with Crippen molar-refractivity contribution in [3.05, 3.63) is 58.6 Å². The molecule has 0 radical (unpaired) electrons. The van der Waals surface area contributed by atoms with Gasteiger partial charge in [0.1, 0.15) is 17.3 Å². The molecule has 0 amide bonds. The molecule has 0 spiro atoms. The number of hydrogen-bond donors (Lipinski definition) is 2. The number of H-pyrrole nitrogens is 1. The first-order valence-corrected chi connectivity index (χ1v) is 10.4. The highest BCUT2D eigenvalue weighted by Crippen LogP contribution is 2.28. The lowest BCUT2D eigenvalue weighted by Gasteiger charge is -2.35. The van der Waals surface area contributed by atoms with Gasteiger partial charge >= 0.3 is 6.61 Å². The molecule has 0 bridgehead atoms. The van der Waals surface area contributed by atoms with Gasteiger partial charge in [-0.25, -0.2) is 13.8 Å². The Bertz CT molecular complexity index is 1230. The quantitative estimate of drug-likeness (QED) is 0.515. The van der Waals surface area contributed by atoms with E-state index in [1.54, 1.807) is 0 Å². The van der Waals surface area contributed by atoms with E-state index < -0.39 is 23.8 Å². The summed E-state index contributed by atoms with van der Waals surface area (Å²) in [6, 6.07) is 4.50. The summed E-state index contributed by atoms with van der Waals surface area (Å²) in [7, 11) is 0. The summed E-state index contributed by atoms with van der Waals surface area (Å²) >= 11 is 0. The Morgan fingerprint density at radius 2 is 1.91 bits per heavy atom. The molecule has 34 heavy (non-hydrogen) atoms. The van der Waals surface area contributed by atoms with Crippen LogP contribution in [0.25, 0.3) is 11.1 Å². The van der Waals surface area contributed by atoms with Crippen LogP contribution in [0.4, 0.5) is 35.0 Å². The van der Waals surface area contributed by atoms with Gasteiger partial charge in [0.25, 0.3) is 5.56 Å². The molecule has 3 heterocycles. The number of ether oxygens (including phenoxy) is 2. The lowest BCUT2D eigenvalue weighted by atomic mass is 10.1. The number of benzene rings is 1. The molecule has 1 aromatic carbocycles. The second-order valence-corrected chi connectivity index (χ2v) is 7.81. The van der Waals surface area contributed by atoms with Crippen LogP contribution in [0.5, 0.6) is 5.75 Å². The number of pyridine rings is 1. The predicted octanol–water partition coefficient (Wildman–Crippen LogP) is 4.07. The van der Waals surface area contributed by atoms with Crippen LogP contribution in [-0.2, 0) is 4.74 Å². The molecule has 0 aliphatic carbocycles. The Hall–Kier alpha value is -3.67. The topological polar surface area (TPSA) is 92.4 Å². The molecule has 180 valence electrons. The summed E-state index contributed by atoms with van der Waals surface area (Å²) in [6.45, 7) is 1.74. The molecule has 12 heteroatoms. The second kappa shape index (κ2) is 9.67. The van der Waals surface area contributed by atoms with Crippen molar-refractivity contribution < 1.29 is 27.0 Å². The van der Waals surface area contributed by atoms with Crippen LogP contribution < -0.4 is 20.5 Å². The van der Waals surface area contributed by atoms with E-state index in [0.717, 1.165) is 12.3 Å². The van der Waals surface area contributed by atoms with E-state index in [4.69, 9.17) is 4.74 Å². The predicted molar refractivity (Wildman–Crippen MR) is 117 cm³/mol. The van der Waals surface area contributed by atoms with Crippen LogP contribution in [0.2, 0.25) is 0 Å². The first-order valence-electron chi connectivity index (χ1n) is 10.4. The number of anilines is 3. The van der Waals surface area contributed by atoms with E-state index in [-0.39, 0.29) is 46.5 Å². The van der Waals surface area contributed by atoms with Gasteiger partial charge < -0.3 is 24.7 Å². The van der Waals surface area contributed by atoms with Crippen molar-refractivity contribution in [3.63, 3.8) is 0 Å². The van der Waals surface area contributed by atoms with Crippen LogP contribution in [0.1, 0.15) is 13.8 Å². The minimum absolute atomic E-state index is 0.0149. The van der Waals surface area contributed by atoms with E-state index in [1.165, 1.54) is 24.4 Å². The molecule has 1 aliphatic rings. The summed E-state index contributed by atoms with van der Waals surface area (Å²) in [5, 5.41) is 2.64. The lowest BCUT2D eigenvalue weighted by Crippen LogP contribution is -2.46. The summed E-state index contributed by atoms with van der Waals surface area (Å²) in [5.41, 5.74) is -0.471. The van der Waals surface area contributed by atoms with Crippen LogP contribution >= 0.6 is 0 Å². The van der Waals surface area contributed by atoms with Crippen molar-refractivity contribution in [1.29, 1.82) is 0 Å². The molecule has 8 nitrogen and oxygen atoms in total. The Balaban J connectivity index is 1.62. The van der Waals surface area contributed by atoms with Crippen molar-refractivity contribution in [2.24, 2.45) is 0 Å². The number of nitrogens with zero attached hydrogens (tertiary/aromatic N) is 3. The third-order valence-electron chi connectivity index (χ3n) is 5.07. The summed E-state index contributed by atoms with van der Waals surface area (Å²) in [5.74, 6) is -1.95. The Morgan fingerprint density at radius 3 is 2.59 bits per heavy atom. The van der Waals surface area contributed by atoms with Crippen molar-refractivity contribution in [2.45, 2.75) is 32.7 Å². The van der Waals surface area contributed by atoms with Gasteiger partial charge in [0, 0.05) is 36.5 Å². The van der Waals surface area contributed by atoms with Crippen molar-refractivity contribution in [3.8, 4) is 16.9 Å². The number of morpholine rings is 1. The molecular weight excluding hydrogens is 458 g/mol.